The van der Waals surface area contributed by atoms with Gasteiger partial charge in [0.2, 0.25) is 17.2 Å². The van der Waals surface area contributed by atoms with Crippen LogP contribution in [-0.2, 0) is 0 Å². The molecule has 6 nitrogen and oxygen atoms in total. The molecule has 0 atom stereocenters. The third-order valence-electron chi connectivity index (χ3n) is 2.09. The lowest BCUT2D eigenvalue weighted by atomic mass is 10.1. The summed E-state index contributed by atoms with van der Waals surface area (Å²) in [5.74, 6) is -3.08. The smallest absolute Gasteiger partial charge is 0.208 e. The van der Waals surface area contributed by atoms with Gasteiger partial charge in [0.15, 0.2) is 17.3 Å². The number of ether oxygens (including phenoxy) is 2. The molecule has 0 fully saturated rings. The molecule has 1 aromatic carbocycles. The Kier molecular flexibility index (Phi) is 3.12. The Balaban J connectivity index is 3.71. The number of carbonyl (C=O) groups excluding carboxylic acids is 1. The second-order valence-electron chi connectivity index (χ2n) is 3.04. The standard InChI is InChI=1S/C10H12O6/c1-4(11)5-6(12)10(16-3)8(14)7(13)9(5)15-2/h12-14H,1-3H3. The summed E-state index contributed by atoms with van der Waals surface area (Å²) in [5.41, 5.74) is -0.241. The van der Waals surface area contributed by atoms with Crippen molar-refractivity contribution in [3.63, 3.8) is 0 Å². The number of Topliss-reactive ketones (excluding diaryl/α,β-unsaturated/α-hetero) is 1. The van der Waals surface area contributed by atoms with Crippen LogP contribution in [0.4, 0.5) is 0 Å². The zero-order chi connectivity index (χ0) is 12.5. The first-order valence-electron chi connectivity index (χ1n) is 4.35. The Bertz CT molecular complexity index is 438. The highest BCUT2D eigenvalue weighted by atomic mass is 16.5. The molecule has 0 amide bonds. The summed E-state index contributed by atoms with van der Waals surface area (Å²) in [6.45, 7) is 1.19. The highest BCUT2D eigenvalue weighted by molar-refractivity contribution is 6.02. The van der Waals surface area contributed by atoms with Crippen LogP contribution in [-0.4, -0.2) is 35.3 Å². The number of ketones is 1. The van der Waals surface area contributed by atoms with Gasteiger partial charge in [-0.3, -0.25) is 4.79 Å². The van der Waals surface area contributed by atoms with Crippen molar-refractivity contribution in [3.8, 4) is 28.7 Å². The van der Waals surface area contributed by atoms with E-state index in [0.717, 1.165) is 0 Å². The average Bonchev–Trinajstić information content (AvgIpc) is 2.23. The van der Waals surface area contributed by atoms with Crippen molar-refractivity contribution >= 4 is 5.78 Å². The van der Waals surface area contributed by atoms with Crippen molar-refractivity contribution in [1.29, 1.82) is 0 Å². The van der Waals surface area contributed by atoms with Gasteiger partial charge in [-0.2, -0.15) is 0 Å². The Morgan fingerprint density at radius 1 is 0.938 bits per heavy atom. The fourth-order valence-electron chi connectivity index (χ4n) is 1.39. The molecule has 0 saturated carbocycles. The van der Waals surface area contributed by atoms with Crippen LogP contribution in [0, 0.1) is 0 Å². The largest absolute Gasteiger partial charge is 0.504 e. The second-order valence-corrected chi connectivity index (χ2v) is 3.04. The summed E-state index contributed by atoms with van der Waals surface area (Å²) in [7, 11) is 2.39. The van der Waals surface area contributed by atoms with Crippen molar-refractivity contribution in [2.75, 3.05) is 14.2 Å². The van der Waals surface area contributed by atoms with E-state index in [2.05, 4.69) is 4.74 Å². The van der Waals surface area contributed by atoms with Crippen LogP contribution in [0.15, 0.2) is 0 Å². The van der Waals surface area contributed by atoms with E-state index in [4.69, 9.17) is 4.74 Å². The van der Waals surface area contributed by atoms with Crippen molar-refractivity contribution < 1.29 is 29.6 Å². The van der Waals surface area contributed by atoms with E-state index in [1.165, 1.54) is 21.1 Å². The van der Waals surface area contributed by atoms with Gasteiger partial charge in [-0.25, -0.2) is 0 Å². The first-order chi connectivity index (χ1) is 7.45. The van der Waals surface area contributed by atoms with Crippen LogP contribution in [0.3, 0.4) is 0 Å². The molecular weight excluding hydrogens is 216 g/mol. The van der Waals surface area contributed by atoms with E-state index in [1.54, 1.807) is 0 Å². The number of hydrogen-bond acceptors (Lipinski definition) is 6. The summed E-state index contributed by atoms with van der Waals surface area (Å²) >= 11 is 0. The minimum absolute atomic E-state index is 0.241. The van der Waals surface area contributed by atoms with E-state index in [9.17, 15) is 20.1 Å². The number of carbonyl (C=O) groups is 1. The Hall–Kier alpha value is -2.11. The molecule has 0 bridgehead atoms. The fraction of sp³-hybridized carbons (Fsp3) is 0.300. The zero-order valence-electron chi connectivity index (χ0n) is 9.07. The normalized spacial score (nSPS) is 9.94. The Labute approximate surface area is 91.7 Å². The molecule has 0 aromatic heterocycles. The van der Waals surface area contributed by atoms with Crippen LogP contribution < -0.4 is 9.47 Å². The highest BCUT2D eigenvalue weighted by Crippen LogP contribution is 2.51. The quantitative estimate of drug-likeness (QED) is 0.406. The minimum Gasteiger partial charge on any atom is -0.504 e. The molecule has 1 aromatic rings. The van der Waals surface area contributed by atoms with E-state index >= 15 is 0 Å². The lowest BCUT2D eigenvalue weighted by Crippen LogP contribution is -2.00. The SMILES string of the molecule is COc1c(O)c(O)c(OC)c(C(C)=O)c1O. The van der Waals surface area contributed by atoms with Gasteiger partial charge in [-0.05, 0) is 6.92 Å². The van der Waals surface area contributed by atoms with Gasteiger partial charge in [0.1, 0.15) is 5.56 Å². The van der Waals surface area contributed by atoms with Gasteiger partial charge in [0.25, 0.3) is 0 Å². The molecule has 88 valence electrons. The monoisotopic (exact) mass is 228 g/mol. The van der Waals surface area contributed by atoms with Gasteiger partial charge in [0, 0.05) is 0 Å². The van der Waals surface area contributed by atoms with Crippen molar-refractivity contribution in [1.82, 2.24) is 0 Å². The van der Waals surface area contributed by atoms with Crippen molar-refractivity contribution in [3.05, 3.63) is 5.56 Å². The van der Waals surface area contributed by atoms with Crippen molar-refractivity contribution in [2.45, 2.75) is 6.92 Å². The predicted molar refractivity (Wildman–Crippen MR) is 54.5 cm³/mol. The van der Waals surface area contributed by atoms with E-state index in [-0.39, 0.29) is 17.1 Å². The first-order valence-corrected chi connectivity index (χ1v) is 4.35. The van der Waals surface area contributed by atoms with Gasteiger partial charge < -0.3 is 24.8 Å². The van der Waals surface area contributed by atoms with Crippen LogP contribution in [0.2, 0.25) is 0 Å². The molecule has 0 spiro atoms. The summed E-state index contributed by atoms with van der Waals surface area (Å²) in [6, 6.07) is 0. The molecule has 0 unspecified atom stereocenters. The van der Waals surface area contributed by atoms with Crippen LogP contribution in [0.1, 0.15) is 17.3 Å². The molecule has 0 aliphatic carbocycles. The van der Waals surface area contributed by atoms with Gasteiger partial charge in [-0.15, -0.1) is 0 Å². The molecule has 0 heterocycles. The first kappa shape index (κ1) is 12.0. The molecule has 0 aliphatic heterocycles. The molecule has 6 heteroatoms. The van der Waals surface area contributed by atoms with Gasteiger partial charge in [-0.1, -0.05) is 0 Å². The molecule has 0 saturated heterocycles. The minimum atomic E-state index is -0.679. The number of rotatable bonds is 3. The summed E-state index contributed by atoms with van der Waals surface area (Å²) in [4.78, 5) is 11.3. The van der Waals surface area contributed by atoms with E-state index < -0.39 is 23.0 Å². The molecule has 0 radical (unpaired) electrons. The van der Waals surface area contributed by atoms with Crippen LogP contribution >= 0.6 is 0 Å². The van der Waals surface area contributed by atoms with Gasteiger partial charge >= 0.3 is 0 Å². The third kappa shape index (κ3) is 1.58. The number of phenols is 3. The summed E-state index contributed by atoms with van der Waals surface area (Å²) < 4.78 is 9.43. The Morgan fingerprint density at radius 2 is 1.38 bits per heavy atom. The lowest BCUT2D eigenvalue weighted by molar-refractivity contribution is 0.101. The number of methoxy groups -OCH3 is 2. The van der Waals surface area contributed by atoms with Crippen LogP contribution in [0.5, 0.6) is 28.7 Å². The molecular formula is C10H12O6. The number of aromatic hydroxyl groups is 3. The summed E-state index contributed by atoms with van der Waals surface area (Å²) in [5, 5.41) is 28.7. The Morgan fingerprint density at radius 3 is 1.75 bits per heavy atom. The van der Waals surface area contributed by atoms with Crippen molar-refractivity contribution in [2.24, 2.45) is 0 Å². The maximum absolute atomic E-state index is 11.3. The maximum Gasteiger partial charge on any atom is 0.208 e. The molecule has 3 N–H and O–H groups in total. The average molecular weight is 228 g/mol. The number of benzene rings is 1. The van der Waals surface area contributed by atoms with E-state index in [0.29, 0.717) is 0 Å². The zero-order valence-corrected chi connectivity index (χ0v) is 9.07. The maximum atomic E-state index is 11.3. The van der Waals surface area contributed by atoms with Gasteiger partial charge in [0.05, 0.1) is 14.2 Å². The molecule has 1 rings (SSSR count). The lowest BCUT2D eigenvalue weighted by Gasteiger charge is -2.14. The highest BCUT2D eigenvalue weighted by Gasteiger charge is 2.27. The topological polar surface area (TPSA) is 96.2 Å². The molecule has 16 heavy (non-hydrogen) atoms. The summed E-state index contributed by atoms with van der Waals surface area (Å²) in [6.07, 6.45) is 0. The van der Waals surface area contributed by atoms with E-state index in [1.807, 2.05) is 0 Å². The third-order valence-corrected chi connectivity index (χ3v) is 2.09. The second kappa shape index (κ2) is 4.18. The molecule has 0 aliphatic rings. The van der Waals surface area contributed by atoms with Crippen LogP contribution in [0.25, 0.3) is 0 Å². The number of hydrogen-bond donors (Lipinski definition) is 3. The number of phenolic OH excluding ortho intramolecular Hbond substituents is 3. The predicted octanol–water partition coefficient (Wildman–Crippen LogP) is 1.02. The fourth-order valence-corrected chi connectivity index (χ4v) is 1.39.